The highest BCUT2D eigenvalue weighted by Crippen LogP contribution is 2.46. The van der Waals surface area contributed by atoms with Crippen LogP contribution in [0.15, 0.2) is 65.8 Å². The van der Waals surface area contributed by atoms with E-state index in [1.807, 2.05) is 6.21 Å². The Bertz CT molecular complexity index is 937. The molecular formula is C23H23N3S. The molecule has 3 nitrogen and oxygen atoms in total. The van der Waals surface area contributed by atoms with E-state index >= 15 is 0 Å². The van der Waals surface area contributed by atoms with Crippen LogP contribution in [0.5, 0.6) is 0 Å². The van der Waals surface area contributed by atoms with Crippen molar-refractivity contribution in [3.05, 3.63) is 81.5 Å². The summed E-state index contributed by atoms with van der Waals surface area (Å²) in [4.78, 5) is 5.18. The molecule has 0 atom stereocenters. The molecule has 0 radical (unpaired) electrons. The van der Waals surface area contributed by atoms with Gasteiger partial charge < -0.3 is 0 Å². The highest BCUT2D eigenvalue weighted by molar-refractivity contribution is 7.13. The highest BCUT2D eigenvalue weighted by atomic mass is 32.1. The second kappa shape index (κ2) is 6.95. The zero-order valence-corrected chi connectivity index (χ0v) is 16.3. The van der Waals surface area contributed by atoms with Gasteiger partial charge in [0.25, 0.3) is 0 Å². The van der Waals surface area contributed by atoms with Gasteiger partial charge in [-0.05, 0) is 41.3 Å². The van der Waals surface area contributed by atoms with E-state index in [2.05, 4.69) is 77.5 Å². The molecule has 1 saturated heterocycles. The predicted molar refractivity (Wildman–Crippen MR) is 114 cm³/mol. The third kappa shape index (κ3) is 3.09. The molecular weight excluding hydrogens is 350 g/mol. The third-order valence-corrected chi connectivity index (χ3v) is 6.50. The monoisotopic (exact) mass is 373 g/mol. The van der Waals surface area contributed by atoms with E-state index in [1.165, 1.54) is 32.0 Å². The van der Waals surface area contributed by atoms with Crippen molar-refractivity contribution in [3.8, 4) is 11.1 Å². The Morgan fingerprint density at radius 1 is 0.852 bits per heavy atom. The van der Waals surface area contributed by atoms with Crippen LogP contribution < -0.4 is 0 Å². The molecule has 0 spiro atoms. The third-order valence-electron chi connectivity index (χ3n) is 5.57. The second-order valence-corrected chi connectivity index (χ2v) is 8.58. The van der Waals surface area contributed by atoms with Crippen molar-refractivity contribution in [2.75, 3.05) is 26.2 Å². The number of hydrogen-bond acceptors (Lipinski definition) is 4. The van der Waals surface area contributed by atoms with Gasteiger partial charge in [0.05, 0.1) is 12.3 Å². The first kappa shape index (κ1) is 16.7. The van der Waals surface area contributed by atoms with Gasteiger partial charge >= 0.3 is 0 Å². The fourth-order valence-corrected chi connectivity index (χ4v) is 5.01. The van der Waals surface area contributed by atoms with Gasteiger partial charge in [-0.15, -0.1) is 11.3 Å². The van der Waals surface area contributed by atoms with Gasteiger partial charge in [-0.25, -0.2) is 0 Å². The molecule has 1 aromatic heterocycles. The number of fused-ring (bicyclic) bond motifs is 3. The van der Waals surface area contributed by atoms with Crippen molar-refractivity contribution in [1.29, 1.82) is 0 Å². The number of aryl methyl sites for hydroxylation is 1. The maximum atomic E-state index is 4.71. The van der Waals surface area contributed by atoms with Gasteiger partial charge in [0.1, 0.15) is 0 Å². The van der Waals surface area contributed by atoms with Crippen LogP contribution in [0.1, 0.15) is 26.9 Å². The Kier molecular flexibility index (Phi) is 4.30. The van der Waals surface area contributed by atoms with E-state index < -0.39 is 0 Å². The fraction of sp³-hybridized carbons (Fsp3) is 0.261. The molecule has 0 N–H and O–H groups in total. The quantitative estimate of drug-likeness (QED) is 0.616. The molecule has 1 aliphatic heterocycles. The van der Waals surface area contributed by atoms with Gasteiger partial charge in [-0.3, -0.25) is 9.91 Å². The summed E-state index contributed by atoms with van der Waals surface area (Å²) in [5.74, 6) is 0. The number of hydrazone groups is 1. The van der Waals surface area contributed by atoms with Crippen molar-refractivity contribution < 1.29 is 0 Å². The number of rotatable bonds is 3. The van der Waals surface area contributed by atoms with Crippen molar-refractivity contribution in [3.63, 3.8) is 0 Å². The van der Waals surface area contributed by atoms with Crippen LogP contribution in [-0.2, 0) is 0 Å². The summed E-state index contributed by atoms with van der Waals surface area (Å²) in [5.41, 5.74) is 5.69. The van der Waals surface area contributed by atoms with E-state index in [-0.39, 0.29) is 0 Å². The summed E-state index contributed by atoms with van der Waals surface area (Å²) in [7, 11) is 0. The Morgan fingerprint density at radius 3 is 2.07 bits per heavy atom. The first-order valence-electron chi connectivity index (χ1n) is 9.57. The summed E-state index contributed by atoms with van der Waals surface area (Å²) < 4.78 is 0. The van der Waals surface area contributed by atoms with Gasteiger partial charge in [0.15, 0.2) is 0 Å². The molecule has 5 rings (SSSR count). The second-order valence-electron chi connectivity index (χ2n) is 7.26. The highest BCUT2D eigenvalue weighted by Gasteiger charge is 2.33. The lowest BCUT2D eigenvalue weighted by Crippen LogP contribution is -2.45. The van der Waals surface area contributed by atoms with Gasteiger partial charge in [-0.1, -0.05) is 48.5 Å². The molecule has 0 bridgehead atoms. The summed E-state index contributed by atoms with van der Waals surface area (Å²) >= 11 is 1.80. The topological polar surface area (TPSA) is 18.8 Å². The van der Waals surface area contributed by atoms with Crippen LogP contribution in [0.4, 0.5) is 0 Å². The van der Waals surface area contributed by atoms with Gasteiger partial charge in [0, 0.05) is 35.9 Å². The Labute approximate surface area is 164 Å². The zero-order chi connectivity index (χ0) is 18.2. The SMILES string of the molecule is Cc1ccc(C=NN2CCN(C3c4ccccc4-c4ccccc43)CC2)s1. The molecule has 136 valence electrons. The molecule has 1 fully saturated rings. The molecule has 2 aromatic carbocycles. The van der Waals surface area contributed by atoms with Gasteiger partial charge in [0.2, 0.25) is 0 Å². The van der Waals surface area contributed by atoms with Gasteiger partial charge in [-0.2, -0.15) is 5.10 Å². The smallest absolute Gasteiger partial charge is 0.0642 e. The Hall–Kier alpha value is -2.43. The first-order valence-corrected chi connectivity index (χ1v) is 10.4. The fourth-order valence-electron chi connectivity index (χ4n) is 4.27. The standard InChI is InChI=1S/C23H23N3S/c1-17-10-11-18(27-17)16-24-26-14-12-25(13-15-26)23-21-8-4-2-6-19(21)20-7-3-5-9-22(20)23/h2-11,16,23H,12-15H2,1H3. The van der Waals surface area contributed by atoms with Crippen molar-refractivity contribution in [2.45, 2.75) is 13.0 Å². The lowest BCUT2D eigenvalue weighted by Gasteiger charge is -2.37. The van der Waals surface area contributed by atoms with E-state index in [0.29, 0.717) is 6.04 Å². The first-order chi connectivity index (χ1) is 13.3. The lowest BCUT2D eigenvalue weighted by molar-refractivity contribution is 0.114. The van der Waals surface area contributed by atoms with E-state index in [4.69, 9.17) is 5.10 Å². The van der Waals surface area contributed by atoms with Crippen LogP contribution in [0.3, 0.4) is 0 Å². The van der Waals surface area contributed by atoms with E-state index in [9.17, 15) is 0 Å². The van der Waals surface area contributed by atoms with E-state index in [0.717, 1.165) is 26.2 Å². The van der Waals surface area contributed by atoms with Crippen LogP contribution in [0.2, 0.25) is 0 Å². The normalized spacial score (nSPS) is 17.4. The number of nitrogens with zero attached hydrogens (tertiary/aromatic N) is 3. The predicted octanol–water partition coefficient (Wildman–Crippen LogP) is 4.78. The molecule has 0 unspecified atom stereocenters. The average molecular weight is 374 g/mol. The van der Waals surface area contributed by atoms with Crippen molar-refractivity contribution in [2.24, 2.45) is 5.10 Å². The number of piperazine rings is 1. The molecule has 0 saturated carbocycles. The van der Waals surface area contributed by atoms with Crippen LogP contribution in [0.25, 0.3) is 11.1 Å². The van der Waals surface area contributed by atoms with Crippen molar-refractivity contribution >= 4 is 17.6 Å². The minimum Gasteiger partial charge on any atom is -0.294 e. The molecule has 3 aromatic rings. The molecule has 0 amide bonds. The number of thiophene rings is 1. The van der Waals surface area contributed by atoms with Crippen LogP contribution in [0, 0.1) is 6.92 Å². The Balaban J connectivity index is 1.33. The number of hydrogen-bond donors (Lipinski definition) is 0. The van der Waals surface area contributed by atoms with Crippen LogP contribution >= 0.6 is 11.3 Å². The molecule has 2 aliphatic rings. The maximum Gasteiger partial charge on any atom is 0.0642 e. The van der Waals surface area contributed by atoms with Crippen molar-refractivity contribution in [1.82, 2.24) is 9.91 Å². The number of benzene rings is 2. The zero-order valence-electron chi connectivity index (χ0n) is 15.5. The molecule has 27 heavy (non-hydrogen) atoms. The van der Waals surface area contributed by atoms with E-state index in [1.54, 1.807) is 11.3 Å². The Morgan fingerprint density at radius 2 is 1.48 bits per heavy atom. The summed E-state index contributed by atoms with van der Waals surface area (Å²) in [6, 6.07) is 22.4. The summed E-state index contributed by atoms with van der Waals surface area (Å²) in [5, 5.41) is 6.92. The molecule has 2 heterocycles. The maximum absolute atomic E-state index is 4.71. The lowest BCUT2D eigenvalue weighted by atomic mass is 10.0. The summed E-state index contributed by atoms with van der Waals surface area (Å²) in [6.45, 7) is 6.16. The minimum atomic E-state index is 0.378. The largest absolute Gasteiger partial charge is 0.294 e. The average Bonchev–Trinajstić information content (AvgIpc) is 3.28. The summed E-state index contributed by atoms with van der Waals surface area (Å²) in [6.07, 6.45) is 2.01. The molecule has 4 heteroatoms. The van der Waals surface area contributed by atoms with Crippen LogP contribution in [-0.4, -0.2) is 42.3 Å². The molecule has 1 aliphatic carbocycles. The minimum absolute atomic E-state index is 0.378.